The molecule has 0 aliphatic heterocycles. The maximum atomic E-state index is 9.60. The summed E-state index contributed by atoms with van der Waals surface area (Å²) in [6, 6.07) is 9.25. The molecule has 78 valence electrons. The van der Waals surface area contributed by atoms with Gasteiger partial charge in [0.1, 0.15) is 0 Å². The Morgan fingerprint density at radius 2 is 1.79 bits per heavy atom. The van der Waals surface area contributed by atoms with E-state index in [1.807, 2.05) is 51.1 Å². The van der Waals surface area contributed by atoms with Gasteiger partial charge in [0.2, 0.25) is 6.29 Å². The van der Waals surface area contributed by atoms with Crippen molar-refractivity contribution in [2.24, 2.45) is 0 Å². The highest BCUT2D eigenvalue weighted by Gasteiger charge is 2.13. The zero-order valence-corrected chi connectivity index (χ0v) is 8.82. The first-order chi connectivity index (χ1) is 6.49. The maximum Gasteiger partial charge on any atom is 0.200 e. The van der Waals surface area contributed by atoms with Crippen LogP contribution in [0.1, 0.15) is 32.6 Å². The van der Waals surface area contributed by atoms with Crippen LogP contribution in [-0.2, 0) is 4.84 Å². The SMILES string of the molecule is CC(C)(C)NOC(O)c1ccccc1. The van der Waals surface area contributed by atoms with E-state index in [1.54, 1.807) is 0 Å². The summed E-state index contributed by atoms with van der Waals surface area (Å²) in [5.74, 6) is 0. The molecule has 0 spiro atoms. The molecule has 1 aromatic carbocycles. The molecule has 2 N–H and O–H groups in total. The van der Waals surface area contributed by atoms with Gasteiger partial charge in [-0.1, -0.05) is 30.3 Å². The van der Waals surface area contributed by atoms with Crippen LogP contribution < -0.4 is 5.48 Å². The van der Waals surface area contributed by atoms with E-state index in [9.17, 15) is 5.11 Å². The molecule has 3 nitrogen and oxygen atoms in total. The Morgan fingerprint density at radius 3 is 2.29 bits per heavy atom. The predicted octanol–water partition coefficient (Wildman–Crippen LogP) is 2.00. The molecule has 0 saturated heterocycles. The molecular formula is C11H17NO2. The highest BCUT2D eigenvalue weighted by Crippen LogP contribution is 2.13. The second-order valence-electron chi connectivity index (χ2n) is 4.23. The number of hydroxylamine groups is 1. The Kier molecular flexibility index (Phi) is 3.63. The first kappa shape index (κ1) is 11.2. The van der Waals surface area contributed by atoms with E-state index in [-0.39, 0.29) is 5.54 Å². The van der Waals surface area contributed by atoms with Crippen LogP contribution in [-0.4, -0.2) is 10.6 Å². The minimum Gasteiger partial charge on any atom is -0.363 e. The summed E-state index contributed by atoms with van der Waals surface area (Å²) in [6.45, 7) is 5.89. The zero-order chi connectivity index (χ0) is 10.6. The molecule has 0 heterocycles. The van der Waals surface area contributed by atoms with Crippen LogP contribution in [0.2, 0.25) is 0 Å². The number of hydrogen-bond acceptors (Lipinski definition) is 3. The number of nitrogens with one attached hydrogen (secondary N) is 1. The van der Waals surface area contributed by atoms with E-state index in [2.05, 4.69) is 5.48 Å². The van der Waals surface area contributed by atoms with Crippen molar-refractivity contribution < 1.29 is 9.94 Å². The van der Waals surface area contributed by atoms with Crippen molar-refractivity contribution in [1.29, 1.82) is 0 Å². The largest absolute Gasteiger partial charge is 0.363 e. The predicted molar refractivity (Wildman–Crippen MR) is 55.4 cm³/mol. The quantitative estimate of drug-likeness (QED) is 0.572. The minimum atomic E-state index is -0.921. The normalized spacial score (nSPS) is 14.0. The molecule has 0 fully saturated rings. The molecule has 3 heteroatoms. The van der Waals surface area contributed by atoms with Gasteiger partial charge >= 0.3 is 0 Å². The number of hydrogen-bond donors (Lipinski definition) is 2. The van der Waals surface area contributed by atoms with E-state index in [4.69, 9.17) is 4.84 Å². The molecular weight excluding hydrogens is 178 g/mol. The third-order valence-corrected chi connectivity index (χ3v) is 1.56. The lowest BCUT2D eigenvalue weighted by Gasteiger charge is -2.22. The Morgan fingerprint density at radius 1 is 1.21 bits per heavy atom. The minimum absolute atomic E-state index is 0.171. The maximum absolute atomic E-state index is 9.60. The molecule has 0 radical (unpaired) electrons. The Hall–Kier alpha value is -0.900. The van der Waals surface area contributed by atoms with E-state index < -0.39 is 6.29 Å². The van der Waals surface area contributed by atoms with E-state index in [1.165, 1.54) is 0 Å². The van der Waals surface area contributed by atoms with Crippen LogP contribution >= 0.6 is 0 Å². The molecule has 14 heavy (non-hydrogen) atoms. The van der Waals surface area contributed by atoms with E-state index in [0.29, 0.717) is 0 Å². The third kappa shape index (κ3) is 3.87. The fourth-order valence-corrected chi connectivity index (χ4v) is 0.918. The standard InChI is InChI=1S/C11H17NO2/c1-11(2,3)12-14-10(13)9-7-5-4-6-8-9/h4-8,10,12-13H,1-3H3. The second kappa shape index (κ2) is 4.55. The van der Waals surface area contributed by atoms with Gasteiger partial charge in [-0.2, -0.15) is 5.48 Å². The lowest BCUT2D eigenvalue weighted by molar-refractivity contribution is -0.169. The van der Waals surface area contributed by atoms with Gasteiger partial charge in [-0.25, -0.2) is 0 Å². The Balaban J connectivity index is 2.48. The molecule has 0 bridgehead atoms. The highest BCUT2D eigenvalue weighted by molar-refractivity contribution is 5.15. The molecule has 1 aromatic rings. The summed E-state index contributed by atoms with van der Waals surface area (Å²) in [4.78, 5) is 5.10. The number of benzene rings is 1. The summed E-state index contributed by atoms with van der Waals surface area (Å²) < 4.78 is 0. The van der Waals surface area contributed by atoms with Gasteiger partial charge in [0, 0.05) is 11.1 Å². The van der Waals surface area contributed by atoms with Gasteiger partial charge < -0.3 is 5.11 Å². The van der Waals surface area contributed by atoms with E-state index in [0.717, 1.165) is 5.56 Å². The zero-order valence-electron chi connectivity index (χ0n) is 8.82. The summed E-state index contributed by atoms with van der Waals surface area (Å²) in [5.41, 5.74) is 3.34. The first-order valence-electron chi connectivity index (χ1n) is 4.65. The Bertz CT molecular complexity index is 266. The monoisotopic (exact) mass is 195 g/mol. The molecule has 0 aliphatic carbocycles. The average Bonchev–Trinajstić information content (AvgIpc) is 2.14. The first-order valence-corrected chi connectivity index (χ1v) is 4.65. The lowest BCUT2D eigenvalue weighted by atomic mass is 10.1. The van der Waals surface area contributed by atoms with Crippen molar-refractivity contribution >= 4 is 0 Å². The Labute approximate surface area is 84.7 Å². The van der Waals surface area contributed by atoms with Crippen molar-refractivity contribution in [3.8, 4) is 0 Å². The van der Waals surface area contributed by atoms with Gasteiger partial charge in [-0.05, 0) is 20.8 Å². The lowest BCUT2D eigenvalue weighted by Crippen LogP contribution is -2.36. The topological polar surface area (TPSA) is 41.5 Å². The van der Waals surface area contributed by atoms with Crippen molar-refractivity contribution in [2.45, 2.75) is 32.6 Å². The summed E-state index contributed by atoms with van der Waals surface area (Å²) >= 11 is 0. The van der Waals surface area contributed by atoms with Crippen LogP contribution in [0.3, 0.4) is 0 Å². The second-order valence-corrected chi connectivity index (χ2v) is 4.23. The fraction of sp³-hybridized carbons (Fsp3) is 0.455. The molecule has 0 amide bonds. The van der Waals surface area contributed by atoms with E-state index >= 15 is 0 Å². The molecule has 1 rings (SSSR count). The molecule has 1 unspecified atom stereocenters. The summed E-state index contributed by atoms with van der Waals surface area (Å²) in [5, 5.41) is 9.60. The van der Waals surface area contributed by atoms with Gasteiger partial charge in [-0.15, -0.1) is 0 Å². The van der Waals surface area contributed by atoms with Crippen molar-refractivity contribution in [3.63, 3.8) is 0 Å². The van der Waals surface area contributed by atoms with Crippen LogP contribution in [0.15, 0.2) is 30.3 Å². The number of aliphatic hydroxyl groups excluding tert-OH is 1. The third-order valence-electron chi connectivity index (χ3n) is 1.56. The van der Waals surface area contributed by atoms with Crippen LogP contribution in [0.4, 0.5) is 0 Å². The van der Waals surface area contributed by atoms with Crippen molar-refractivity contribution in [1.82, 2.24) is 5.48 Å². The highest BCUT2D eigenvalue weighted by atomic mass is 16.7. The molecule has 0 saturated carbocycles. The van der Waals surface area contributed by atoms with Crippen molar-refractivity contribution in [3.05, 3.63) is 35.9 Å². The summed E-state index contributed by atoms with van der Waals surface area (Å²) in [6.07, 6.45) is -0.921. The molecule has 1 atom stereocenters. The average molecular weight is 195 g/mol. The van der Waals surface area contributed by atoms with Gasteiger partial charge in [-0.3, -0.25) is 4.84 Å². The van der Waals surface area contributed by atoms with Gasteiger partial charge in [0.25, 0.3) is 0 Å². The summed E-state index contributed by atoms with van der Waals surface area (Å²) in [7, 11) is 0. The van der Waals surface area contributed by atoms with Gasteiger partial charge in [0.05, 0.1) is 0 Å². The smallest absolute Gasteiger partial charge is 0.200 e. The molecule has 0 aromatic heterocycles. The van der Waals surface area contributed by atoms with Crippen LogP contribution in [0.5, 0.6) is 0 Å². The number of rotatable bonds is 3. The fourth-order valence-electron chi connectivity index (χ4n) is 0.918. The van der Waals surface area contributed by atoms with Crippen LogP contribution in [0, 0.1) is 0 Å². The molecule has 0 aliphatic rings. The van der Waals surface area contributed by atoms with Crippen molar-refractivity contribution in [2.75, 3.05) is 0 Å². The number of aliphatic hydroxyl groups is 1. The van der Waals surface area contributed by atoms with Crippen LogP contribution in [0.25, 0.3) is 0 Å². The van der Waals surface area contributed by atoms with Gasteiger partial charge in [0.15, 0.2) is 0 Å².